The Kier molecular flexibility index (Phi) is 6.89. The van der Waals surface area contributed by atoms with Gasteiger partial charge in [0.1, 0.15) is 17.5 Å². The second-order valence-corrected chi connectivity index (χ2v) is 6.35. The first-order chi connectivity index (χ1) is 11.5. The zero-order valence-electron chi connectivity index (χ0n) is 14.5. The Morgan fingerprint density at radius 1 is 1.48 bits per heavy atom. The molecule has 1 aromatic rings. The third kappa shape index (κ3) is 7.19. The molecule has 1 rings (SSSR count). The van der Waals surface area contributed by atoms with E-state index >= 15 is 0 Å². The smallest absolute Gasteiger partial charge is 0.441 e. The number of aromatic nitrogens is 2. The molecule has 9 nitrogen and oxygen atoms in total. The second kappa shape index (κ2) is 8.45. The van der Waals surface area contributed by atoms with Gasteiger partial charge in [0, 0.05) is 0 Å². The zero-order valence-corrected chi connectivity index (χ0v) is 14.5. The number of nitrogens with zero attached hydrogens (tertiary/aromatic N) is 2. The number of aliphatic carboxylic acids is 1. The molecule has 0 fully saturated rings. The van der Waals surface area contributed by atoms with Gasteiger partial charge in [-0.2, -0.15) is 0 Å². The molecule has 1 heterocycles. The number of halogens is 1. The number of carbonyl (C=O) groups is 2. The minimum absolute atomic E-state index is 0.0394. The van der Waals surface area contributed by atoms with Crippen molar-refractivity contribution < 1.29 is 28.3 Å². The molecule has 0 aromatic carbocycles. The highest BCUT2D eigenvalue weighted by atomic mass is 19.1. The Morgan fingerprint density at radius 3 is 2.60 bits per heavy atom. The first-order valence-corrected chi connectivity index (χ1v) is 7.59. The van der Waals surface area contributed by atoms with E-state index in [0.29, 0.717) is 0 Å². The normalized spacial score (nSPS) is 13.4. The minimum Gasteiger partial charge on any atom is -0.480 e. The van der Waals surface area contributed by atoms with E-state index in [1.54, 1.807) is 20.8 Å². The summed E-state index contributed by atoms with van der Waals surface area (Å²) in [6, 6.07) is -1.22. The van der Waals surface area contributed by atoms with Crippen molar-refractivity contribution in [3.05, 3.63) is 28.3 Å². The van der Waals surface area contributed by atoms with Gasteiger partial charge in [-0.15, -0.1) is 0 Å². The second-order valence-electron chi connectivity index (χ2n) is 6.35. The standard InChI is InChI=1S/C15H22FN3O6/c1-9-18-25-14(23)19(9)8-10(16)6-5-7-11(12(20)21)17-13(22)24-15(2,3)4/h6,11H,5,7-8H2,1-4H3,(H,17,22)(H,20,21)/b10-6-. The third-order valence-electron chi connectivity index (χ3n) is 2.99. The number of allylic oxidation sites excluding steroid dienone is 2. The highest BCUT2D eigenvalue weighted by Crippen LogP contribution is 2.09. The molecule has 0 aliphatic heterocycles. The number of hydrogen-bond acceptors (Lipinski definition) is 6. The molecular weight excluding hydrogens is 337 g/mol. The van der Waals surface area contributed by atoms with Crippen molar-refractivity contribution in [1.29, 1.82) is 0 Å². The van der Waals surface area contributed by atoms with Crippen LogP contribution < -0.4 is 11.1 Å². The van der Waals surface area contributed by atoms with Crippen molar-refractivity contribution in [1.82, 2.24) is 15.0 Å². The van der Waals surface area contributed by atoms with Crippen LogP contribution in [0, 0.1) is 6.92 Å². The molecule has 0 aliphatic carbocycles. The summed E-state index contributed by atoms with van der Waals surface area (Å²) >= 11 is 0. The van der Waals surface area contributed by atoms with Gasteiger partial charge in [-0.05, 0) is 40.5 Å². The van der Waals surface area contributed by atoms with Crippen LogP contribution in [0.15, 0.2) is 21.2 Å². The fourth-order valence-electron chi connectivity index (χ4n) is 1.84. The number of carboxylic acids is 1. The molecular formula is C15H22FN3O6. The Morgan fingerprint density at radius 2 is 2.12 bits per heavy atom. The summed E-state index contributed by atoms with van der Waals surface area (Å²) in [7, 11) is 0. The monoisotopic (exact) mass is 359 g/mol. The number of rotatable bonds is 7. The quantitative estimate of drug-likeness (QED) is 0.760. The predicted octanol–water partition coefficient (Wildman–Crippen LogP) is 1.76. The van der Waals surface area contributed by atoms with Crippen LogP contribution in [0.4, 0.5) is 9.18 Å². The maximum Gasteiger partial charge on any atom is 0.441 e. The zero-order chi connectivity index (χ0) is 19.2. The Bertz CT molecular complexity index is 701. The van der Waals surface area contributed by atoms with E-state index in [1.807, 2.05) is 0 Å². The Hall–Kier alpha value is -2.65. The molecule has 25 heavy (non-hydrogen) atoms. The van der Waals surface area contributed by atoms with Gasteiger partial charge in [-0.3, -0.25) is 9.09 Å². The van der Waals surface area contributed by atoms with Crippen LogP contribution in [0.1, 0.15) is 39.4 Å². The number of alkyl carbamates (subject to hydrolysis) is 1. The average Bonchev–Trinajstić information content (AvgIpc) is 2.76. The maximum atomic E-state index is 13.8. The molecule has 140 valence electrons. The van der Waals surface area contributed by atoms with E-state index in [2.05, 4.69) is 15.0 Å². The molecule has 0 saturated carbocycles. The van der Waals surface area contributed by atoms with E-state index < -0.39 is 35.3 Å². The average molecular weight is 359 g/mol. The first-order valence-electron chi connectivity index (χ1n) is 7.59. The van der Waals surface area contributed by atoms with Crippen molar-refractivity contribution >= 4 is 12.1 Å². The van der Waals surface area contributed by atoms with Crippen LogP contribution in [0.5, 0.6) is 0 Å². The lowest BCUT2D eigenvalue weighted by molar-refractivity contribution is -0.139. The summed E-state index contributed by atoms with van der Waals surface area (Å²) in [5.41, 5.74) is -0.761. The maximum absolute atomic E-state index is 13.8. The summed E-state index contributed by atoms with van der Waals surface area (Å²) in [5, 5.41) is 14.7. The lowest BCUT2D eigenvalue weighted by Crippen LogP contribution is -2.43. The minimum atomic E-state index is -1.26. The van der Waals surface area contributed by atoms with E-state index in [9.17, 15) is 18.8 Å². The third-order valence-corrected chi connectivity index (χ3v) is 2.99. The van der Waals surface area contributed by atoms with Crippen molar-refractivity contribution in [2.75, 3.05) is 0 Å². The van der Waals surface area contributed by atoms with E-state index in [0.717, 1.165) is 10.6 Å². The highest BCUT2D eigenvalue weighted by molar-refractivity contribution is 5.79. The summed E-state index contributed by atoms with van der Waals surface area (Å²) in [6.45, 7) is 6.08. The summed E-state index contributed by atoms with van der Waals surface area (Å²) in [5.74, 6) is -2.46. The van der Waals surface area contributed by atoms with Gasteiger partial charge >= 0.3 is 17.8 Å². The van der Waals surface area contributed by atoms with Gasteiger partial charge in [0.2, 0.25) is 0 Å². The van der Waals surface area contributed by atoms with Crippen LogP contribution in [0.2, 0.25) is 0 Å². The van der Waals surface area contributed by atoms with Crippen molar-refractivity contribution in [3.63, 3.8) is 0 Å². The molecule has 1 unspecified atom stereocenters. The van der Waals surface area contributed by atoms with Gasteiger partial charge in [0.05, 0.1) is 6.54 Å². The number of amides is 1. The molecule has 0 radical (unpaired) electrons. The number of aryl methyl sites for hydroxylation is 1. The highest BCUT2D eigenvalue weighted by Gasteiger charge is 2.23. The number of carboxylic acid groups (broad SMARTS) is 1. The van der Waals surface area contributed by atoms with Crippen LogP contribution in [0.3, 0.4) is 0 Å². The SMILES string of the molecule is Cc1noc(=O)n1C/C(F)=C/CCC(NC(=O)OC(C)(C)C)C(=O)O. The largest absolute Gasteiger partial charge is 0.480 e. The number of nitrogens with one attached hydrogen (secondary N) is 1. The molecule has 0 aliphatic rings. The van der Waals surface area contributed by atoms with Gasteiger partial charge in [-0.1, -0.05) is 11.2 Å². The fourth-order valence-corrected chi connectivity index (χ4v) is 1.84. The molecule has 2 N–H and O–H groups in total. The number of carbonyl (C=O) groups excluding carboxylic acids is 1. The van der Waals surface area contributed by atoms with Crippen LogP contribution >= 0.6 is 0 Å². The number of ether oxygens (including phenoxy) is 1. The predicted molar refractivity (Wildman–Crippen MR) is 84.7 cm³/mol. The molecule has 0 spiro atoms. The van der Waals surface area contributed by atoms with E-state index in [1.165, 1.54) is 6.92 Å². The summed E-state index contributed by atoms with van der Waals surface area (Å²) in [4.78, 5) is 34.1. The van der Waals surface area contributed by atoms with Gasteiger partial charge in [0.25, 0.3) is 0 Å². The van der Waals surface area contributed by atoms with Gasteiger partial charge in [0.15, 0.2) is 5.82 Å². The fraction of sp³-hybridized carbons (Fsp3) is 0.600. The van der Waals surface area contributed by atoms with E-state index in [4.69, 9.17) is 9.84 Å². The lowest BCUT2D eigenvalue weighted by Gasteiger charge is -2.21. The van der Waals surface area contributed by atoms with Gasteiger partial charge in [-0.25, -0.2) is 18.8 Å². The molecule has 10 heteroatoms. The van der Waals surface area contributed by atoms with E-state index in [-0.39, 0.29) is 25.2 Å². The molecule has 1 aromatic heterocycles. The topological polar surface area (TPSA) is 124 Å². The molecule has 0 saturated heterocycles. The van der Waals surface area contributed by atoms with Crippen LogP contribution in [-0.4, -0.2) is 38.5 Å². The first kappa shape index (κ1) is 20.4. The van der Waals surface area contributed by atoms with Crippen molar-refractivity contribution in [2.24, 2.45) is 0 Å². The summed E-state index contributed by atoms with van der Waals surface area (Å²) in [6.07, 6.45) is 0.277. The Balaban J connectivity index is 2.58. The van der Waals surface area contributed by atoms with Crippen LogP contribution in [0.25, 0.3) is 0 Å². The molecule has 1 amide bonds. The van der Waals surface area contributed by atoms with Crippen molar-refractivity contribution in [3.8, 4) is 0 Å². The van der Waals surface area contributed by atoms with Gasteiger partial charge < -0.3 is 15.2 Å². The number of hydrogen-bond donors (Lipinski definition) is 2. The van der Waals surface area contributed by atoms with Crippen LogP contribution in [-0.2, 0) is 16.1 Å². The Labute approximate surface area is 143 Å². The van der Waals surface area contributed by atoms with Crippen molar-refractivity contribution in [2.45, 2.75) is 58.7 Å². The molecule has 0 bridgehead atoms. The lowest BCUT2D eigenvalue weighted by atomic mass is 10.1. The molecule has 1 atom stereocenters. The summed E-state index contributed by atoms with van der Waals surface area (Å²) < 4.78 is 24.2.